The Morgan fingerprint density at radius 1 is 0.230 bits per heavy atom. The summed E-state index contributed by atoms with van der Waals surface area (Å²) in [6.45, 7) is 0. The Morgan fingerprint density at radius 2 is 0.541 bits per heavy atom. The monoisotopic (exact) mass is 793 g/mol. The molecule has 0 aliphatic carbocycles. The zero-order chi connectivity index (χ0) is 40.6. The molecule has 10 aromatic carbocycles. The second-order valence-corrected chi connectivity index (χ2v) is 19.3. The van der Waals surface area contributed by atoms with Gasteiger partial charge in [-0.3, -0.25) is 0 Å². The SMILES string of the molecule is c1ccc(-c2nc(-c3ccccc3)nc(-c3cc4c5ccccc5c5ccccc5c4cc3-c3ccc([Si](c4ccccc4)(c4ccccc4)c4ccccc4)cc3)n2)cc1. The van der Waals surface area contributed by atoms with E-state index in [1.54, 1.807) is 0 Å². The van der Waals surface area contributed by atoms with Crippen molar-refractivity contribution in [2.75, 3.05) is 0 Å². The Kier molecular flexibility index (Phi) is 9.18. The first kappa shape index (κ1) is 36.3. The Labute approximate surface area is 356 Å². The fraction of sp³-hybridized carbons (Fsp3) is 0. The highest BCUT2D eigenvalue weighted by Gasteiger charge is 2.41. The van der Waals surface area contributed by atoms with Crippen molar-refractivity contribution in [3.63, 3.8) is 0 Å². The maximum absolute atomic E-state index is 5.30. The minimum atomic E-state index is -2.73. The summed E-state index contributed by atoms with van der Waals surface area (Å²) in [7, 11) is -2.73. The van der Waals surface area contributed by atoms with E-state index in [1.165, 1.54) is 47.7 Å². The van der Waals surface area contributed by atoms with Crippen molar-refractivity contribution >= 4 is 61.1 Å². The van der Waals surface area contributed by atoms with Crippen molar-refractivity contribution in [1.29, 1.82) is 0 Å². The van der Waals surface area contributed by atoms with Gasteiger partial charge in [0.1, 0.15) is 0 Å². The van der Waals surface area contributed by atoms with Crippen molar-refractivity contribution in [3.05, 3.63) is 237 Å². The summed E-state index contributed by atoms with van der Waals surface area (Å²) in [4.78, 5) is 15.7. The summed E-state index contributed by atoms with van der Waals surface area (Å²) in [5.41, 5.74) is 4.99. The van der Waals surface area contributed by atoms with Crippen LogP contribution in [0.25, 0.3) is 77.6 Å². The van der Waals surface area contributed by atoms with Crippen LogP contribution in [0, 0.1) is 0 Å². The third kappa shape index (κ3) is 6.33. The topological polar surface area (TPSA) is 38.7 Å². The Morgan fingerprint density at radius 3 is 0.951 bits per heavy atom. The molecule has 11 rings (SSSR count). The number of hydrogen-bond donors (Lipinski definition) is 0. The lowest BCUT2D eigenvalue weighted by molar-refractivity contribution is 1.07. The predicted octanol–water partition coefficient (Wildman–Crippen LogP) is 11.4. The lowest BCUT2D eigenvalue weighted by Gasteiger charge is -2.34. The van der Waals surface area contributed by atoms with Crippen LogP contribution >= 0.6 is 0 Å². The van der Waals surface area contributed by atoms with Gasteiger partial charge in [0.15, 0.2) is 25.5 Å². The fourth-order valence-corrected chi connectivity index (χ4v) is 14.0. The third-order valence-electron chi connectivity index (χ3n) is 12.1. The highest BCUT2D eigenvalue weighted by molar-refractivity contribution is 7.19. The number of rotatable bonds is 8. The third-order valence-corrected chi connectivity index (χ3v) is 16.9. The van der Waals surface area contributed by atoms with Crippen LogP contribution in [0.5, 0.6) is 0 Å². The van der Waals surface area contributed by atoms with Crippen molar-refractivity contribution < 1.29 is 0 Å². The molecule has 0 fully saturated rings. The van der Waals surface area contributed by atoms with E-state index in [4.69, 9.17) is 15.0 Å². The Hall–Kier alpha value is -7.79. The highest BCUT2D eigenvalue weighted by atomic mass is 28.3. The molecule has 0 saturated heterocycles. The zero-order valence-electron chi connectivity index (χ0n) is 33.4. The van der Waals surface area contributed by atoms with Crippen LogP contribution in [0.3, 0.4) is 0 Å². The van der Waals surface area contributed by atoms with Gasteiger partial charge >= 0.3 is 0 Å². The van der Waals surface area contributed by atoms with E-state index < -0.39 is 8.07 Å². The van der Waals surface area contributed by atoms with Gasteiger partial charge in [0.25, 0.3) is 0 Å². The van der Waals surface area contributed by atoms with Gasteiger partial charge in [-0.15, -0.1) is 0 Å². The molecule has 0 spiro atoms. The second-order valence-electron chi connectivity index (χ2n) is 15.5. The van der Waals surface area contributed by atoms with Crippen LogP contribution in [-0.2, 0) is 0 Å². The van der Waals surface area contributed by atoms with E-state index in [0.29, 0.717) is 17.5 Å². The van der Waals surface area contributed by atoms with Crippen molar-refractivity contribution in [1.82, 2.24) is 15.0 Å². The first-order chi connectivity index (χ1) is 30.3. The molecule has 3 nitrogen and oxygen atoms in total. The molecule has 0 radical (unpaired) electrons. The molecule has 0 amide bonds. The van der Waals surface area contributed by atoms with E-state index in [1.807, 2.05) is 36.4 Å². The van der Waals surface area contributed by atoms with Gasteiger partial charge in [-0.2, -0.15) is 0 Å². The number of hydrogen-bond acceptors (Lipinski definition) is 3. The van der Waals surface area contributed by atoms with Gasteiger partial charge in [0.05, 0.1) is 0 Å². The van der Waals surface area contributed by atoms with Crippen molar-refractivity contribution in [2.24, 2.45) is 0 Å². The smallest absolute Gasteiger partial charge is 0.179 e. The maximum atomic E-state index is 5.30. The van der Waals surface area contributed by atoms with Crippen LogP contribution in [0.1, 0.15) is 0 Å². The first-order valence-electron chi connectivity index (χ1n) is 20.8. The van der Waals surface area contributed by atoms with E-state index in [2.05, 4.69) is 200 Å². The summed E-state index contributed by atoms with van der Waals surface area (Å²) in [6, 6.07) is 85.3. The maximum Gasteiger partial charge on any atom is 0.179 e. The number of fused-ring (bicyclic) bond motifs is 6. The average Bonchev–Trinajstić information content (AvgIpc) is 3.35. The molecule has 286 valence electrons. The number of benzene rings is 10. The number of aromatic nitrogens is 3. The molecule has 0 N–H and O–H groups in total. The van der Waals surface area contributed by atoms with E-state index in [9.17, 15) is 0 Å². The Bertz CT molecular complexity index is 3170. The van der Waals surface area contributed by atoms with Crippen molar-refractivity contribution in [2.45, 2.75) is 0 Å². The number of nitrogens with zero attached hydrogens (tertiary/aromatic N) is 3. The van der Waals surface area contributed by atoms with Gasteiger partial charge in [-0.1, -0.05) is 224 Å². The molecule has 0 atom stereocenters. The molecule has 11 aromatic rings. The van der Waals surface area contributed by atoms with Crippen LogP contribution in [0.4, 0.5) is 0 Å². The van der Waals surface area contributed by atoms with Gasteiger partial charge in [0, 0.05) is 16.7 Å². The molecule has 0 unspecified atom stereocenters. The van der Waals surface area contributed by atoms with Crippen LogP contribution in [0.15, 0.2) is 237 Å². The second kappa shape index (κ2) is 15.4. The molecular formula is C57H39N3Si. The lowest BCUT2D eigenvalue weighted by Crippen LogP contribution is -2.74. The molecule has 0 aliphatic rings. The Balaban J connectivity index is 1.20. The standard InChI is InChI=1S/C57H39N3Si/c1-6-20-41(21-7-1)55-58-56(42-22-8-2-9-23-42)60-57(59-55)54-39-53-50-33-19-17-31-48(50)47-30-16-18-32-49(47)52(53)38-51(54)40-34-36-46(37-35-40)61(43-24-10-3-11-25-43,44-26-12-4-13-27-44)45-28-14-5-15-29-45/h1-39H. The van der Waals surface area contributed by atoms with Crippen LogP contribution in [0.2, 0.25) is 0 Å². The van der Waals surface area contributed by atoms with Crippen LogP contribution < -0.4 is 20.7 Å². The molecule has 4 heteroatoms. The van der Waals surface area contributed by atoms with Crippen molar-refractivity contribution in [3.8, 4) is 45.3 Å². The van der Waals surface area contributed by atoms with E-state index in [0.717, 1.165) is 33.2 Å². The van der Waals surface area contributed by atoms with E-state index >= 15 is 0 Å². The van der Waals surface area contributed by atoms with Gasteiger partial charge in [0.2, 0.25) is 0 Å². The molecule has 61 heavy (non-hydrogen) atoms. The largest absolute Gasteiger partial charge is 0.208 e. The summed E-state index contributed by atoms with van der Waals surface area (Å²) < 4.78 is 0. The molecule has 1 heterocycles. The quantitative estimate of drug-likeness (QED) is 0.0874. The summed E-state index contributed by atoms with van der Waals surface area (Å²) in [6.07, 6.45) is 0. The molecule has 1 aromatic heterocycles. The summed E-state index contributed by atoms with van der Waals surface area (Å²) >= 11 is 0. The fourth-order valence-electron chi connectivity index (χ4n) is 9.27. The van der Waals surface area contributed by atoms with Gasteiger partial charge < -0.3 is 0 Å². The molecule has 0 saturated carbocycles. The lowest BCUT2D eigenvalue weighted by atomic mass is 9.89. The first-order valence-corrected chi connectivity index (χ1v) is 22.8. The minimum absolute atomic E-state index is 0.632. The normalized spacial score (nSPS) is 11.6. The average molecular weight is 794 g/mol. The molecular weight excluding hydrogens is 755 g/mol. The van der Waals surface area contributed by atoms with E-state index in [-0.39, 0.29) is 0 Å². The van der Waals surface area contributed by atoms with Gasteiger partial charge in [-0.05, 0) is 76.3 Å². The molecule has 0 aliphatic heterocycles. The summed E-state index contributed by atoms with van der Waals surface area (Å²) in [5, 5.41) is 12.6. The summed E-state index contributed by atoms with van der Waals surface area (Å²) in [5.74, 6) is 1.91. The molecule has 0 bridgehead atoms. The zero-order valence-corrected chi connectivity index (χ0v) is 34.4. The highest BCUT2D eigenvalue weighted by Crippen LogP contribution is 2.42. The predicted molar refractivity (Wildman–Crippen MR) is 258 cm³/mol. The minimum Gasteiger partial charge on any atom is -0.208 e. The van der Waals surface area contributed by atoms with Gasteiger partial charge in [-0.25, -0.2) is 15.0 Å². The van der Waals surface area contributed by atoms with Crippen LogP contribution in [-0.4, -0.2) is 23.0 Å².